The first-order valence-corrected chi connectivity index (χ1v) is 11.7. The molecule has 0 aromatic heterocycles. The van der Waals surface area contributed by atoms with E-state index < -0.39 is 5.92 Å². The quantitative estimate of drug-likeness (QED) is 0.753. The van der Waals surface area contributed by atoms with E-state index in [-0.39, 0.29) is 17.7 Å². The van der Waals surface area contributed by atoms with Gasteiger partial charge in [0.1, 0.15) is 0 Å². The molecule has 0 aliphatic carbocycles. The van der Waals surface area contributed by atoms with Crippen LogP contribution in [-0.4, -0.2) is 56.1 Å². The van der Waals surface area contributed by atoms with E-state index in [4.69, 9.17) is 10.5 Å². The number of piperidine rings is 1. The van der Waals surface area contributed by atoms with Crippen molar-refractivity contribution in [2.24, 2.45) is 5.73 Å². The molecule has 2 aromatic rings. The SMILES string of the molecule is CC(c1ccccc1N1CCCCC1)C(C(N)=O)c1ccc(C(=O)N2CCOCC2)cc1. The van der Waals surface area contributed by atoms with E-state index in [1.165, 1.54) is 24.9 Å². The van der Waals surface area contributed by atoms with Crippen molar-refractivity contribution in [3.05, 3.63) is 65.2 Å². The molecule has 2 fully saturated rings. The van der Waals surface area contributed by atoms with E-state index in [9.17, 15) is 9.59 Å². The molecule has 32 heavy (non-hydrogen) atoms. The van der Waals surface area contributed by atoms with Crippen LogP contribution in [0.2, 0.25) is 0 Å². The average Bonchev–Trinajstić information content (AvgIpc) is 2.85. The van der Waals surface area contributed by atoms with Crippen LogP contribution in [0.25, 0.3) is 0 Å². The first-order valence-electron chi connectivity index (χ1n) is 11.7. The number of hydrogen-bond donors (Lipinski definition) is 1. The second kappa shape index (κ2) is 10.2. The fourth-order valence-electron chi connectivity index (χ4n) is 4.96. The van der Waals surface area contributed by atoms with Gasteiger partial charge in [-0.15, -0.1) is 0 Å². The molecular formula is C26H33N3O3. The van der Waals surface area contributed by atoms with Gasteiger partial charge < -0.3 is 20.3 Å². The number of primary amides is 1. The van der Waals surface area contributed by atoms with Crippen molar-refractivity contribution in [3.63, 3.8) is 0 Å². The molecule has 6 heteroatoms. The van der Waals surface area contributed by atoms with Gasteiger partial charge in [0, 0.05) is 37.4 Å². The number of morpholine rings is 1. The van der Waals surface area contributed by atoms with Crippen LogP contribution in [-0.2, 0) is 9.53 Å². The van der Waals surface area contributed by atoms with Crippen LogP contribution in [0.5, 0.6) is 0 Å². The van der Waals surface area contributed by atoms with Crippen molar-refractivity contribution in [2.45, 2.75) is 38.0 Å². The van der Waals surface area contributed by atoms with Crippen molar-refractivity contribution < 1.29 is 14.3 Å². The Labute approximate surface area is 190 Å². The third kappa shape index (κ3) is 4.80. The van der Waals surface area contributed by atoms with Gasteiger partial charge in [-0.05, 0) is 54.5 Å². The number of ether oxygens (including phenoxy) is 1. The smallest absolute Gasteiger partial charge is 0.254 e. The highest BCUT2D eigenvalue weighted by molar-refractivity contribution is 5.94. The van der Waals surface area contributed by atoms with Crippen LogP contribution in [0.15, 0.2) is 48.5 Å². The van der Waals surface area contributed by atoms with Crippen LogP contribution < -0.4 is 10.6 Å². The lowest BCUT2D eigenvalue weighted by Crippen LogP contribution is -2.40. The lowest BCUT2D eigenvalue weighted by atomic mass is 9.81. The minimum absolute atomic E-state index is 0.000956. The zero-order valence-electron chi connectivity index (χ0n) is 18.8. The molecule has 2 saturated heterocycles. The number of carbonyl (C=O) groups is 2. The van der Waals surface area contributed by atoms with Crippen LogP contribution in [0, 0.1) is 0 Å². The minimum Gasteiger partial charge on any atom is -0.378 e. The first kappa shape index (κ1) is 22.3. The molecule has 4 rings (SSSR count). The molecule has 6 nitrogen and oxygen atoms in total. The number of rotatable bonds is 6. The second-order valence-electron chi connectivity index (χ2n) is 8.80. The Kier molecular flexibility index (Phi) is 7.10. The summed E-state index contributed by atoms with van der Waals surface area (Å²) in [4.78, 5) is 29.6. The van der Waals surface area contributed by atoms with Gasteiger partial charge in [-0.2, -0.15) is 0 Å². The molecule has 170 valence electrons. The number of anilines is 1. The van der Waals surface area contributed by atoms with E-state index in [0.29, 0.717) is 31.9 Å². The zero-order valence-corrected chi connectivity index (χ0v) is 18.8. The van der Waals surface area contributed by atoms with Gasteiger partial charge >= 0.3 is 0 Å². The molecule has 2 N–H and O–H groups in total. The molecular weight excluding hydrogens is 402 g/mol. The number of para-hydroxylation sites is 1. The van der Waals surface area contributed by atoms with Crippen molar-refractivity contribution in [2.75, 3.05) is 44.3 Å². The molecule has 0 radical (unpaired) electrons. The Morgan fingerprint density at radius 1 is 0.906 bits per heavy atom. The number of amides is 2. The van der Waals surface area contributed by atoms with E-state index in [0.717, 1.165) is 24.2 Å². The molecule has 0 bridgehead atoms. The van der Waals surface area contributed by atoms with Gasteiger partial charge in [0.05, 0.1) is 19.1 Å². The number of nitrogens with zero attached hydrogens (tertiary/aromatic N) is 2. The van der Waals surface area contributed by atoms with Crippen LogP contribution in [0.1, 0.15) is 59.5 Å². The molecule has 2 unspecified atom stereocenters. The normalized spacial score (nSPS) is 18.8. The molecule has 2 aliphatic rings. The predicted octanol–water partition coefficient (Wildman–Crippen LogP) is 3.52. The standard InChI is InChI=1S/C26H33N3O3/c1-19(22-7-3-4-8-23(22)28-13-5-2-6-14-28)24(25(27)30)20-9-11-21(12-10-20)26(31)29-15-17-32-18-16-29/h3-4,7-12,19,24H,2,5-6,13-18H2,1H3,(H2,27,30). The van der Waals surface area contributed by atoms with Gasteiger partial charge in [-0.25, -0.2) is 0 Å². The fraction of sp³-hybridized carbons (Fsp3) is 0.462. The Morgan fingerprint density at radius 2 is 1.56 bits per heavy atom. The third-order valence-corrected chi connectivity index (χ3v) is 6.75. The van der Waals surface area contributed by atoms with Gasteiger partial charge in [0.25, 0.3) is 5.91 Å². The van der Waals surface area contributed by atoms with Crippen LogP contribution in [0.4, 0.5) is 5.69 Å². The van der Waals surface area contributed by atoms with Crippen molar-refractivity contribution in [3.8, 4) is 0 Å². The molecule has 2 aliphatic heterocycles. The molecule has 2 atom stereocenters. The molecule has 2 amide bonds. The van der Waals surface area contributed by atoms with E-state index >= 15 is 0 Å². The van der Waals surface area contributed by atoms with E-state index in [1.807, 2.05) is 35.2 Å². The second-order valence-corrected chi connectivity index (χ2v) is 8.80. The maximum Gasteiger partial charge on any atom is 0.254 e. The third-order valence-electron chi connectivity index (χ3n) is 6.75. The Balaban J connectivity index is 1.57. The van der Waals surface area contributed by atoms with Gasteiger partial charge in [0.15, 0.2) is 0 Å². The number of carbonyl (C=O) groups excluding carboxylic acids is 2. The fourth-order valence-corrected chi connectivity index (χ4v) is 4.96. The molecule has 2 heterocycles. The van der Waals surface area contributed by atoms with Crippen LogP contribution in [0.3, 0.4) is 0 Å². The summed E-state index contributed by atoms with van der Waals surface area (Å²) in [5, 5.41) is 0. The highest BCUT2D eigenvalue weighted by Crippen LogP contribution is 2.38. The molecule has 0 saturated carbocycles. The number of nitrogens with two attached hydrogens (primary N) is 1. The summed E-state index contributed by atoms with van der Waals surface area (Å²) in [6.07, 6.45) is 3.66. The van der Waals surface area contributed by atoms with Crippen LogP contribution >= 0.6 is 0 Å². The predicted molar refractivity (Wildman–Crippen MR) is 126 cm³/mol. The van der Waals surface area contributed by atoms with Crippen molar-refractivity contribution in [1.82, 2.24) is 4.90 Å². The maximum absolute atomic E-state index is 12.8. The summed E-state index contributed by atoms with van der Waals surface area (Å²) in [5.41, 5.74) is 9.72. The number of benzene rings is 2. The summed E-state index contributed by atoms with van der Waals surface area (Å²) in [7, 11) is 0. The lowest BCUT2D eigenvalue weighted by Gasteiger charge is -2.33. The largest absolute Gasteiger partial charge is 0.378 e. The molecule has 2 aromatic carbocycles. The summed E-state index contributed by atoms with van der Waals surface area (Å²) in [6, 6.07) is 15.7. The molecule has 0 spiro atoms. The first-order chi connectivity index (χ1) is 15.6. The van der Waals surface area contributed by atoms with Gasteiger partial charge in [0.2, 0.25) is 5.91 Å². The maximum atomic E-state index is 12.8. The summed E-state index contributed by atoms with van der Waals surface area (Å²) in [5.74, 6) is -0.892. The highest BCUT2D eigenvalue weighted by atomic mass is 16.5. The topological polar surface area (TPSA) is 75.9 Å². The summed E-state index contributed by atoms with van der Waals surface area (Å²) < 4.78 is 5.34. The average molecular weight is 436 g/mol. The minimum atomic E-state index is -0.464. The Morgan fingerprint density at radius 3 is 2.22 bits per heavy atom. The van der Waals surface area contributed by atoms with Gasteiger partial charge in [-0.3, -0.25) is 9.59 Å². The van der Waals surface area contributed by atoms with E-state index in [2.05, 4.69) is 30.0 Å². The van der Waals surface area contributed by atoms with Gasteiger partial charge in [-0.1, -0.05) is 37.3 Å². The van der Waals surface area contributed by atoms with Crippen molar-refractivity contribution >= 4 is 17.5 Å². The Hall–Kier alpha value is -2.86. The highest BCUT2D eigenvalue weighted by Gasteiger charge is 2.29. The monoisotopic (exact) mass is 435 g/mol. The van der Waals surface area contributed by atoms with E-state index in [1.54, 1.807) is 0 Å². The summed E-state index contributed by atoms with van der Waals surface area (Å²) >= 11 is 0. The van der Waals surface area contributed by atoms with Crippen molar-refractivity contribution in [1.29, 1.82) is 0 Å². The zero-order chi connectivity index (χ0) is 22.5. The number of hydrogen-bond acceptors (Lipinski definition) is 4. The Bertz CT molecular complexity index is 932. The lowest BCUT2D eigenvalue weighted by molar-refractivity contribution is -0.119. The summed E-state index contributed by atoms with van der Waals surface area (Å²) in [6.45, 7) is 6.52.